The number of hydrogen-bond donors (Lipinski definition) is 0. The second-order valence-corrected chi connectivity index (χ2v) is 4.91. The first-order chi connectivity index (χ1) is 4.69. The molecule has 1 saturated heterocycles. The second kappa shape index (κ2) is 3.04. The van der Waals surface area contributed by atoms with E-state index in [0.717, 1.165) is 6.42 Å². The zero-order valence-electron chi connectivity index (χ0n) is 6.37. The van der Waals surface area contributed by atoms with Gasteiger partial charge in [0, 0.05) is 0 Å². The topological polar surface area (TPSA) is 35.5 Å². The molecule has 2 unspecified atom stereocenters. The van der Waals surface area contributed by atoms with Crippen LogP contribution in [-0.4, -0.2) is 18.9 Å². The molecule has 1 aliphatic rings. The van der Waals surface area contributed by atoms with Crippen molar-refractivity contribution in [2.75, 3.05) is 13.2 Å². The molecule has 1 fully saturated rings. The van der Waals surface area contributed by atoms with E-state index in [1.807, 2.05) is 13.8 Å². The highest BCUT2D eigenvalue weighted by Gasteiger charge is 2.37. The van der Waals surface area contributed by atoms with Gasteiger partial charge in [0.05, 0.1) is 18.9 Å². The summed E-state index contributed by atoms with van der Waals surface area (Å²) in [5, 5.41) is 0. The molecule has 1 aliphatic heterocycles. The summed E-state index contributed by atoms with van der Waals surface area (Å²) in [4.78, 5) is 0. The van der Waals surface area contributed by atoms with Gasteiger partial charge < -0.3 is 9.05 Å². The van der Waals surface area contributed by atoms with Crippen molar-refractivity contribution in [2.24, 2.45) is 0 Å². The van der Waals surface area contributed by atoms with Crippen LogP contribution in [0.3, 0.4) is 0 Å². The van der Waals surface area contributed by atoms with Gasteiger partial charge in [-0.25, -0.2) is 0 Å². The van der Waals surface area contributed by atoms with Crippen LogP contribution in [0.4, 0.5) is 0 Å². The first-order valence-corrected chi connectivity index (χ1v) is 5.19. The van der Waals surface area contributed by atoms with Gasteiger partial charge in [-0.1, -0.05) is 6.92 Å². The predicted octanol–water partition coefficient (Wildman–Crippen LogP) is 2.02. The summed E-state index contributed by atoms with van der Waals surface area (Å²) in [6.45, 7) is 4.79. The quantitative estimate of drug-likeness (QED) is 0.585. The minimum atomic E-state index is -2.66. The van der Waals surface area contributed by atoms with Crippen LogP contribution in [0.1, 0.15) is 20.3 Å². The highest BCUT2D eigenvalue weighted by Crippen LogP contribution is 2.58. The molecule has 2 atom stereocenters. The van der Waals surface area contributed by atoms with Gasteiger partial charge in [0.1, 0.15) is 0 Å². The van der Waals surface area contributed by atoms with Crippen molar-refractivity contribution in [2.45, 2.75) is 25.9 Å². The van der Waals surface area contributed by atoms with E-state index in [1.165, 1.54) is 0 Å². The van der Waals surface area contributed by atoms with Gasteiger partial charge in [0.25, 0.3) is 0 Å². The molecule has 1 rings (SSSR count). The number of hydrogen-bond acceptors (Lipinski definition) is 3. The van der Waals surface area contributed by atoms with Gasteiger partial charge in [-0.2, -0.15) is 0 Å². The Morgan fingerprint density at radius 2 is 2.50 bits per heavy atom. The van der Waals surface area contributed by atoms with Crippen LogP contribution in [0.5, 0.6) is 0 Å². The lowest BCUT2D eigenvalue weighted by Gasteiger charge is -2.13. The highest BCUT2D eigenvalue weighted by molar-refractivity contribution is 7.54. The maximum Gasteiger partial charge on any atom is 0.333 e. The molecule has 10 heavy (non-hydrogen) atoms. The van der Waals surface area contributed by atoms with E-state index in [4.69, 9.17) is 9.05 Å². The van der Waals surface area contributed by atoms with E-state index < -0.39 is 7.60 Å². The van der Waals surface area contributed by atoms with Gasteiger partial charge in [-0.05, 0) is 13.3 Å². The van der Waals surface area contributed by atoms with Crippen LogP contribution in [0.15, 0.2) is 0 Å². The fraction of sp³-hybridized carbons (Fsp3) is 1.00. The molecule has 0 radical (unpaired) electrons. The first-order valence-electron chi connectivity index (χ1n) is 3.58. The van der Waals surface area contributed by atoms with E-state index in [0.29, 0.717) is 13.2 Å². The molecule has 0 bridgehead atoms. The molecule has 0 aromatic heterocycles. The van der Waals surface area contributed by atoms with Crippen LogP contribution in [0.25, 0.3) is 0 Å². The summed E-state index contributed by atoms with van der Waals surface area (Å²) < 4.78 is 21.6. The minimum Gasteiger partial charge on any atom is -0.309 e. The Hall–Kier alpha value is 0.150. The molecule has 4 heteroatoms. The molecule has 1 heterocycles. The summed E-state index contributed by atoms with van der Waals surface area (Å²) >= 11 is 0. The standard InChI is InChI=1S/C6H13O3P/c1-3-8-10(7)6(2)4-5-9-10/h6H,3-5H2,1-2H3. The molecule has 3 nitrogen and oxygen atoms in total. The molecule has 0 N–H and O–H groups in total. The van der Waals surface area contributed by atoms with E-state index in [2.05, 4.69) is 0 Å². The van der Waals surface area contributed by atoms with Crippen molar-refractivity contribution < 1.29 is 13.6 Å². The summed E-state index contributed by atoms with van der Waals surface area (Å²) in [5.74, 6) is 0. The van der Waals surface area contributed by atoms with E-state index in [-0.39, 0.29) is 5.66 Å². The predicted molar refractivity (Wildman–Crippen MR) is 39.3 cm³/mol. The van der Waals surface area contributed by atoms with Crippen molar-refractivity contribution in [3.63, 3.8) is 0 Å². The Labute approximate surface area is 61.2 Å². The van der Waals surface area contributed by atoms with E-state index in [9.17, 15) is 4.57 Å². The monoisotopic (exact) mass is 164 g/mol. The van der Waals surface area contributed by atoms with Crippen LogP contribution in [0.2, 0.25) is 0 Å². The maximum absolute atomic E-state index is 11.5. The fourth-order valence-electron chi connectivity index (χ4n) is 0.980. The largest absolute Gasteiger partial charge is 0.333 e. The number of rotatable bonds is 2. The average molecular weight is 164 g/mol. The molecule has 0 aromatic carbocycles. The van der Waals surface area contributed by atoms with Gasteiger partial charge in [-0.3, -0.25) is 4.57 Å². The van der Waals surface area contributed by atoms with Crippen molar-refractivity contribution in [1.82, 2.24) is 0 Å². The molecule has 0 saturated carbocycles. The fourth-order valence-corrected chi connectivity index (χ4v) is 2.71. The van der Waals surface area contributed by atoms with Crippen LogP contribution in [0, 0.1) is 0 Å². The lowest BCUT2D eigenvalue weighted by molar-refractivity contribution is 0.237. The molecule has 0 aliphatic carbocycles. The van der Waals surface area contributed by atoms with Gasteiger partial charge >= 0.3 is 7.60 Å². The molecule has 0 amide bonds. The summed E-state index contributed by atoms with van der Waals surface area (Å²) in [6.07, 6.45) is 0.858. The highest BCUT2D eigenvalue weighted by atomic mass is 31.2. The van der Waals surface area contributed by atoms with Crippen LogP contribution < -0.4 is 0 Å². The second-order valence-electron chi connectivity index (χ2n) is 2.43. The van der Waals surface area contributed by atoms with Crippen LogP contribution in [-0.2, 0) is 13.6 Å². The molecule has 60 valence electrons. The van der Waals surface area contributed by atoms with E-state index in [1.54, 1.807) is 0 Å². The Morgan fingerprint density at radius 1 is 1.80 bits per heavy atom. The Kier molecular flexibility index (Phi) is 2.50. The normalized spacial score (nSPS) is 40.4. The maximum atomic E-state index is 11.5. The van der Waals surface area contributed by atoms with Crippen molar-refractivity contribution >= 4 is 7.60 Å². The summed E-state index contributed by atoms with van der Waals surface area (Å²) in [7, 11) is -2.66. The third-order valence-electron chi connectivity index (χ3n) is 1.66. The SMILES string of the molecule is CCOP1(=O)OCCC1C. The average Bonchev–Trinajstić information content (AvgIpc) is 2.15. The van der Waals surface area contributed by atoms with Crippen molar-refractivity contribution in [1.29, 1.82) is 0 Å². The van der Waals surface area contributed by atoms with Crippen molar-refractivity contribution in [3.05, 3.63) is 0 Å². The smallest absolute Gasteiger partial charge is 0.309 e. The summed E-state index contributed by atoms with van der Waals surface area (Å²) in [6, 6.07) is 0. The van der Waals surface area contributed by atoms with Gasteiger partial charge in [0.15, 0.2) is 0 Å². The molecular weight excluding hydrogens is 151 g/mol. The lowest BCUT2D eigenvalue weighted by Crippen LogP contribution is -1.98. The van der Waals surface area contributed by atoms with Gasteiger partial charge in [-0.15, -0.1) is 0 Å². The zero-order valence-corrected chi connectivity index (χ0v) is 7.27. The molecule has 0 aromatic rings. The molecular formula is C6H13O3P. The van der Waals surface area contributed by atoms with Crippen LogP contribution >= 0.6 is 7.60 Å². The first kappa shape index (κ1) is 8.25. The third kappa shape index (κ3) is 1.42. The van der Waals surface area contributed by atoms with Crippen molar-refractivity contribution in [3.8, 4) is 0 Å². The Balaban J connectivity index is 2.57. The Morgan fingerprint density at radius 3 is 2.90 bits per heavy atom. The van der Waals surface area contributed by atoms with E-state index >= 15 is 0 Å². The Bertz CT molecular complexity index is 157. The molecule has 0 spiro atoms. The minimum absolute atomic E-state index is 0.0902. The zero-order chi connectivity index (χ0) is 7.61. The lowest BCUT2D eigenvalue weighted by atomic mass is 10.4. The summed E-state index contributed by atoms with van der Waals surface area (Å²) in [5.41, 5.74) is 0.0902. The third-order valence-corrected chi connectivity index (χ3v) is 4.15. The van der Waals surface area contributed by atoms with Gasteiger partial charge in [0.2, 0.25) is 0 Å².